The molecule has 276 valence electrons. The van der Waals surface area contributed by atoms with Crippen molar-refractivity contribution in [1.82, 2.24) is 30.2 Å². The van der Waals surface area contributed by atoms with E-state index in [0.29, 0.717) is 83.9 Å². The Bertz CT molecular complexity index is 1170. The second-order valence-electron chi connectivity index (χ2n) is 12.2. The molecular formula is C34H56N6O9. The standard InChI is InChI=1S/C33H52N6O8.CH4O/c1-26(2)33(47)28-9-7-27(8-10-28)22-35-29(41)6-4-3-5-11-34-30(42)23-37-14-12-36(20-21-40)13-15-38(24-31(43)44)18-19-39(17-16-37)25-32(45)46;1-2/h7-10,21,26H,3-6,11-20,22-25H2,1-2H3,(H,34,42)(H,35,41)(H,43,44)(H,45,46);2H,1H3. The number of nitrogens with zero attached hydrogens (tertiary/aromatic N) is 4. The number of hydrogen-bond acceptors (Lipinski definition) is 11. The number of carboxylic acids is 2. The molecule has 49 heavy (non-hydrogen) atoms. The van der Waals surface area contributed by atoms with Gasteiger partial charge in [-0.3, -0.25) is 43.6 Å². The molecule has 2 amide bonds. The molecule has 1 aromatic rings. The van der Waals surface area contributed by atoms with Crippen LogP contribution in [0.5, 0.6) is 0 Å². The lowest BCUT2D eigenvalue weighted by molar-refractivity contribution is -0.140. The normalized spacial score (nSPS) is 15.6. The van der Waals surface area contributed by atoms with Gasteiger partial charge in [0.15, 0.2) is 5.78 Å². The number of aliphatic carboxylic acids is 2. The van der Waals surface area contributed by atoms with Crippen molar-refractivity contribution in [2.45, 2.75) is 46.1 Å². The molecule has 1 heterocycles. The predicted molar refractivity (Wildman–Crippen MR) is 184 cm³/mol. The first-order chi connectivity index (χ1) is 23.5. The summed E-state index contributed by atoms with van der Waals surface area (Å²) in [6.07, 6.45) is 3.36. The minimum Gasteiger partial charge on any atom is -0.480 e. The number of nitrogens with one attached hydrogen (secondary N) is 2. The Morgan fingerprint density at radius 3 is 1.65 bits per heavy atom. The largest absolute Gasteiger partial charge is 0.480 e. The van der Waals surface area contributed by atoms with E-state index in [0.717, 1.165) is 31.8 Å². The molecule has 0 unspecified atom stereocenters. The highest BCUT2D eigenvalue weighted by Crippen LogP contribution is 2.10. The number of carbonyl (C=O) groups excluding carboxylic acids is 4. The van der Waals surface area contributed by atoms with Crippen molar-refractivity contribution in [3.8, 4) is 0 Å². The van der Waals surface area contributed by atoms with Crippen LogP contribution in [0.25, 0.3) is 0 Å². The summed E-state index contributed by atoms with van der Waals surface area (Å²) in [4.78, 5) is 78.5. The number of benzene rings is 1. The number of unbranched alkanes of at least 4 members (excludes halogenated alkanes) is 2. The van der Waals surface area contributed by atoms with Crippen molar-refractivity contribution in [1.29, 1.82) is 0 Å². The van der Waals surface area contributed by atoms with Crippen LogP contribution in [0, 0.1) is 5.92 Å². The number of aliphatic hydroxyl groups is 1. The quantitative estimate of drug-likeness (QED) is 0.0784. The van der Waals surface area contributed by atoms with Gasteiger partial charge in [0.1, 0.15) is 6.29 Å². The molecule has 2 rings (SSSR count). The fourth-order valence-corrected chi connectivity index (χ4v) is 5.21. The first-order valence-electron chi connectivity index (χ1n) is 16.8. The second kappa shape index (κ2) is 25.2. The number of rotatable bonds is 18. The maximum atomic E-state index is 12.8. The minimum absolute atomic E-state index is 0.0539. The Kier molecular flexibility index (Phi) is 22.3. The van der Waals surface area contributed by atoms with Crippen LogP contribution < -0.4 is 10.6 Å². The summed E-state index contributed by atoms with van der Waals surface area (Å²) in [6, 6.07) is 7.27. The van der Waals surface area contributed by atoms with Crippen LogP contribution in [0.3, 0.4) is 0 Å². The Labute approximate surface area is 289 Å². The number of amides is 2. The van der Waals surface area contributed by atoms with Crippen molar-refractivity contribution in [2.75, 3.05) is 92.2 Å². The van der Waals surface area contributed by atoms with Gasteiger partial charge in [-0.2, -0.15) is 0 Å². The zero-order valence-corrected chi connectivity index (χ0v) is 29.3. The van der Waals surface area contributed by atoms with E-state index in [-0.39, 0.29) is 49.7 Å². The molecule has 0 atom stereocenters. The van der Waals surface area contributed by atoms with Crippen LogP contribution in [-0.4, -0.2) is 163 Å². The molecule has 1 aliphatic rings. The van der Waals surface area contributed by atoms with Gasteiger partial charge in [0, 0.05) is 90.5 Å². The third-order valence-corrected chi connectivity index (χ3v) is 8.00. The molecule has 1 saturated heterocycles. The van der Waals surface area contributed by atoms with Gasteiger partial charge in [-0.1, -0.05) is 44.5 Å². The summed E-state index contributed by atoms with van der Waals surface area (Å²) in [7, 11) is 1.00. The third-order valence-electron chi connectivity index (χ3n) is 8.00. The Morgan fingerprint density at radius 1 is 0.694 bits per heavy atom. The average molecular weight is 693 g/mol. The van der Waals surface area contributed by atoms with Crippen molar-refractivity contribution < 1.29 is 44.1 Å². The van der Waals surface area contributed by atoms with E-state index >= 15 is 0 Å². The molecule has 5 N–H and O–H groups in total. The summed E-state index contributed by atoms with van der Waals surface area (Å²) < 4.78 is 0. The van der Waals surface area contributed by atoms with E-state index in [1.165, 1.54) is 0 Å². The van der Waals surface area contributed by atoms with Crippen molar-refractivity contribution in [2.24, 2.45) is 5.92 Å². The van der Waals surface area contributed by atoms with E-state index < -0.39 is 11.9 Å². The molecule has 15 heteroatoms. The summed E-state index contributed by atoms with van der Waals surface area (Å²) in [5.41, 5.74) is 1.59. The lowest BCUT2D eigenvalue weighted by Crippen LogP contribution is -2.49. The van der Waals surface area contributed by atoms with Crippen LogP contribution in [0.4, 0.5) is 0 Å². The maximum Gasteiger partial charge on any atom is 0.317 e. The Morgan fingerprint density at radius 2 is 1.18 bits per heavy atom. The van der Waals surface area contributed by atoms with Gasteiger partial charge in [0.05, 0.1) is 26.2 Å². The number of carboxylic acid groups (broad SMARTS) is 2. The molecule has 0 bridgehead atoms. The maximum absolute atomic E-state index is 12.8. The molecule has 0 saturated carbocycles. The summed E-state index contributed by atoms with van der Waals surface area (Å²) in [6.45, 7) is 7.95. The van der Waals surface area contributed by atoms with E-state index in [1.54, 1.807) is 21.9 Å². The van der Waals surface area contributed by atoms with Gasteiger partial charge in [0.25, 0.3) is 0 Å². The molecular weight excluding hydrogens is 636 g/mol. The first-order valence-corrected chi connectivity index (χ1v) is 16.8. The van der Waals surface area contributed by atoms with Gasteiger partial charge >= 0.3 is 11.9 Å². The van der Waals surface area contributed by atoms with Gasteiger partial charge in [-0.25, -0.2) is 0 Å². The fourth-order valence-electron chi connectivity index (χ4n) is 5.21. The molecule has 0 aliphatic carbocycles. The van der Waals surface area contributed by atoms with Gasteiger partial charge < -0.3 is 30.7 Å². The molecule has 1 aliphatic heterocycles. The van der Waals surface area contributed by atoms with E-state index in [2.05, 4.69) is 10.6 Å². The Hall–Kier alpha value is -3.76. The van der Waals surface area contributed by atoms with Crippen LogP contribution in [0.1, 0.15) is 55.5 Å². The zero-order chi connectivity index (χ0) is 36.6. The summed E-state index contributed by atoms with van der Waals surface area (Å²) in [5.74, 6) is -2.14. The number of aldehydes is 1. The topological polar surface area (TPSA) is 200 Å². The van der Waals surface area contributed by atoms with Gasteiger partial charge in [0.2, 0.25) is 11.8 Å². The Balaban J connectivity index is 0.00000589. The number of hydrogen-bond donors (Lipinski definition) is 5. The molecule has 0 spiro atoms. The van der Waals surface area contributed by atoms with Crippen molar-refractivity contribution in [3.63, 3.8) is 0 Å². The first kappa shape index (κ1) is 43.3. The number of aliphatic hydroxyl groups excluding tert-OH is 1. The average Bonchev–Trinajstić information content (AvgIpc) is 3.06. The lowest BCUT2D eigenvalue weighted by Gasteiger charge is -2.32. The van der Waals surface area contributed by atoms with Gasteiger partial charge in [-0.05, 0) is 18.4 Å². The smallest absolute Gasteiger partial charge is 0.317 e. The van der Waals surface area contributed by atoms with Crippen LogP contribution in [0.2, 0.25) is 0 Å². The fraction of sp³-hybridized carbons (Fsp3) is 0.647. The number of Topliss-reactive ketones (excluding diaryl/α,β-unsaturated/α-hetero) is 1. The van der Waals surface area contributed by atoms with Crippen molar-refractivity contribution >= 4 is 35.8 Å². The second-order valence-corrected chi connectivity index (χ2v) is 12.2. The summed E-state index contributed by atoms with van der Waals surface area (Å²) >= 11 is 0. The highest BCUT2D eigenvalue weighted by atomic mass is 16.4. The molecule has 15 nitrogen and oxygen atoms in total. The van der Waals surface area contributed by atoms with E-state index in [1.807, 2.05) is 35.8 Å². The highest BCUT2D eigenvalue weighted by molar-refractivity contribution is 5.97. The number of ketones is 1. The van der Waals surface area contributed by atoms with Crippen LogP contribution in [0.15, 0.2) is 24.3 Å². The monoisotopic (exact) mass is 692 g/mol. The SMILES string of the molecule is CC(C)C(=O)c1ccc(CNC(=O)CCCCCNC(=O)CN2CCN(CC=O)CCN(CC(=O)O)CCN(CC(=O)O)CC2)cc1.CO. The predicted octanol–water partition coefficient (Wildman–Crippen LogP) is 0.0163. The van der Waals surface area contributed by atoms with Crippen molar-refractivity contribution in [3.05, 3.63) is 35.4 Å². The third kappa shape index (κ3) is 19.7. The number of carbonyl (C=O) groups is 6. The van der Waals surface area contributed by atoms with Crippen LogP contribution >= 0.6 is 0 Å². The summed E-state index contributed by atoms with van der Waals surface area (Å²) in [5, 5.41) is 31.5. The molecule has 1 fully saturated rings. The zero-order valence-electron chi connectivity index (χ0n) is 29.3. The van der Waals surface area contributed by atoms with Gasteiger partial charge in [-0.15, -0.1) is 0 Å². The molecule has 0 aromatic heterocycles. The molecule has 0 radical (unpaired) electrons. The molecule has 1 aromatic carbocycles. The lowest BCUT2D eigenvalue weighted by atomic mass is 10.00. The minimum atomic E-state index is -0.980. The van der Waals surface area contributed by atoms with Crippen LogP contribution in [-0.2, 0) is 30.5 Å². The van der Waals surface area contributed by atoms with E-state index in [4.69, 9.17) is 5.11 Å². The highest BCUT2D eigenvalue weighted by Gasteiger charge is 2.20. The van der Waals surface area contributed by atoms with E-state index in [9.17, 15) is 39.0 Å².